The van der Waals surface area contributed by atoms with E-state index in [1.54, 1.807) is 26.4 Å². The van der Waals surface area contributed by atoms with Gasteiger partial charge in [0, 0.05) is 17.5 Å². The smallest absolute Gasteiger partial charge is 0.339 e. The zero-order chi connectivity index (χ0) is 24.8. The molecule has 176 valence electrons. The highest BCUT2D eigenvalue weighted by molar-refractivity contribution is 8.24. The molecule has 0 aliphatic rings. The number of aromatic nitrogens is 4. The van der Waals surface area contributed by atoms with Crippen molar-refractivity contribution in [1.29, 1.82) is 0 Å². The second-order valence-corrected chi connectivity index (χ2v) is 13.5. The fourth-order valence-corrected chi connectivity index (χ4v) is 3.00. The minimum atomic E-state index is -3.22. The molecule has 2 heterocycles. The van der Waals surface area contributed by atoms with Crippen molar-refractivity contribution in [2.75, 3.05) is 14.2 Å². The summed E-state index contributed by atoms with van der Waals surface area (Å²) < 4.78 is 19.8. The van der Waals surface area contributed by atoms with Gasteiger partial charge in [0.25, 0.3) is 5.56 Å². The maximum Gasteiger partial charge on any atom is 0.339 e. The minimum absolute atomic E-state index is 0.124. The second kappa shape index (κ2) is 11.9. The Morgan fingerprint density at radius 1 is 0.848 bits per heavy atom. The number of halogens is 4. The summed E-state index contributed by atoms with van der Waals surface area (Å²) in [6, 6.07) is 7.33. The van der Waals surface area contributed by atoms with Gasteiger partial charge in [-0.3, -0.25) is 9.36 Å². The lowest BCUT2D eigenvalue weighted by Gasteiger charge is -2.06. The maximum absolute atomic E-state index is 11.4. The molecule has 0 aliphatic carbocycles. The Bertz CT molecular complexity index is 1370. The van der Waals surface area contributed by atoms with Gasteiger partial charge in [0.15, 0.2) is 0 Å². The highest BCUT2D eigenvalue weighted by Crippen LogP contribution is 2.61. The maximum atomic E-state index is 11.4. The Kier molecular flexibility index (Phi) is 9.76. The number of ether oxygens (including phenoxy) is 2. The number of rotatable bonds is 2. The van der Waals surface area contributed by atoms with Gasteiger partial charge in [0.2, 0.25) is 0 Å². The predicted molar refractivity (Wildman–Crippen MR) is 135 cm³/mol. The van der Waals surface area contributed by atoms with Gasteiger partial charge in [-0.05, 0) is 70.8 Å². The molecule has 0 fully saturated rings. The third kappa shape index (κ3) is 8.02. The first-order valence-corrected chi connectivity index (χ1v) is 13.9. The van der Waals surface area contributed by atoms with E-state index in [-0.39, 0.29) is 5.56 Å². The summed E-state index contributed by atoms with van der Waals surface area (Å²) in [7, 11) is 3.23. The van der Waals surface area contributed by atoms with Crippen LogP contribution in [0, 0.1) is 13.8 Å². The van der Waals surface area contributed by atoms with Crippen molar-refractivity contribution in [3.8, 4) is 11.5 Å². The van der Waals surface area contributed by atoms with E-state index in [1.165, 1.54) is 12.7 Å². The Hall–Kier alpha value is -2.09. The molecule has 8 nitrogen and oxygen atoms in total. The molecule has 2 aromatic carbocycles. The first-order valence-electron chi connectivity index (χ1n) is 9.10. The highest BCUT2D eigenvalue weighted by Gasteiger charge is 2.06. The topological polar surface area (TPSA) is 107 Å². The molecule has 0 atom stereocenters. The van der Waals surface area contributed by atoms with Crippen LogP contribution in [0.15, 0.2) is 41.7 Å². The van der Waals surface area contributed by atoms with E-state index < -0.39 is 5.20 Å². The zero-order valence-electron chi connectivity index (χ0n) is 17.9. The van der Waals surface area contributed by atoms with Crippen LogP contribution in [0.3, 0.4) is 0 Å². The lowest BCUT2D eigenvalue weighted by atomic mass is 10.1. The van der Waals surface area contributed by atoms with Crippen LogP contribution in [0.1, 0.15) is 11.1 Å². The summed E-state index contributed by atoms with van der Waals surface area (Å²) in [5, 5.41) is -1.31. The predicted octanol–water partition coefficient (Wildman–Crippen LogP) is 6.65. The third-order valence-corrected chi connectivity index (χ3v) is 4.56. The van der Waals surface area contributed by atoms with Crippen molar-refractivity contribution < 1.29 is 14.0 Å². The normalized spacial score (nSPS) is 10.7. The van der Waals surface area contributed by atoms with Gasteiger partial charge in [0.05, 0.1) is 37.0 Å². The van der Waals surface area contributed by atoms with Crippen molar-refractivity contribution in [3.05, 3.63) is 63.6 Å². The molecule has 0 radical (unpaired) electrons. The molecular weight excluding hydrogens is 533 g/mol. The molecule has 4 rings (SSSR count). The molecule has 0 amide bonds. The number of methoxy groups -OCH3 is 2. The van der Waals surface area contributed by atoms with E-state index in [4.69, 9.17) is 21.1 Å². The molecule has 0 bridgehead atoms. The van der Waals surface area contributed by atoms with Gasteiger partial charge >= 0.3 is 5.20 Å². The number of hydrogen-bond donors (Lipinski definition) is 1. The van der Waals surface area contributed by atoms with Gasteiger partial charge < -0.3 is 14.5 Å². The zero-order valence-corrected chi connectivity index (χ0v) is 21.8. The molecule has 33 heavy (non-hydrogen) atoms. The van der Waals surface area contributed by atoms with E-state index in [1.807, 2.05) is 26.0 Å². The standard InChI is InChI=1S/C10H9ClN2O.C10H10N2O2.Cl3OP/c1-6-3-7-8(4-9(6)14-2)12-5-13-10(7)11;1-6-3-7-8(4-9(6)14-2)11-5-12-10(7)13;1-5(2,3)4/h3-5H,1-2H3;3-5H,1-2H3,(H,11,12,13);. The van der Waals surface area contributed by atoms with Gasteiger partial charge in [0.1, 0.15) is 23.0 Å². The molecule has 0 aliphatic heterocycles. The van der Waals surface area contributed by atoms with Crippen LogP contribution in [0.5, 0.6) is 11.5 Å². The number of fused-ring (bicyclic) bond motifs is 2. The molecule has 0 saturated heterocycles. The minimum Gasteiger partial charge on any atom is -0.496 e. The Morgan fingerprint density at radius 2 is 1.33 bits per heavy atom. The lowest BCUT2D eigenvalue weighted by Crippen LogP contribution is -2.06. The molecule has 13 heteroatoms. The lowest BCUT2D eigenvalue weighted by molar-refractivity contribution is 0.412. The fourth-order valence-electron chi connectivity index (χ4n) is 2.80. The van der Waals surface area contributed by atoms with Crippen LogP contribution in [0.2, 0.25) is 5.15 Å². The second-order valence-electron chi connectivity index (χ2n) is 6.47. The number of nitrogens with one attached hydrogen (secondary N) is 1. The third-order valence-electron chi connectivity index (χ3n) is 4.26. The Morgan fingerprint density at radius 3 is 1.85 bits per heavy atom. The first kappa shape index (κ1) is 27.2. The number of aromatic amines is 1. The summed E-state index contributed by atoms with van der Waals surface area (Å²) in [6.07, 6.45) is 2.83. The van der Waals surface area contributed by atoms with Crippen LogP contribution in [0.25, 0.3) is 21.8 Å². The molecule has 0 saturated carbocycles. The van der Waals surface area contributed by atoms with Crippen LogP contribution < -0.4 is 15.0 Å². The van der Waals surface area contributed by atoms with E-state index in [9.17, 15) is 9.36 Å². The number of benzene rings is 2. The van der Waals surface area contributed by atoms with E-state index in [2.05, 4.69) is 53.7 Å². The summed E-state index contributed by atoms with van der Waals surface area (Å²) in [5.41, 5.74) is 3.28. The molecule has 4 aromatic rings. The number of hydrogen-bond acceptors (Lipinski definition) is 7. The SMILES string of the molecule is COc1cc2nc[nH]c(=O)c2cc1C.COc1cc2ncnc(Cl)c2cc1C.O=P(Cl)(Cl)Cl. The average Bonchev–Trinajstić information content (AvgIpc) is 2.73. The van der Waals surface area contributed by atoms with E-state index >= 15 is 0 Å². The Balaban J connectivity index is 0.000000195. The summed E-state index contributed by atoms with van der Waals surface area (Å²) >= 11 is 19.8. The Labute approximate surface area is 208 Å². The van der Waals surface area contributed by atoms with Crippen LogP contribution >= 0.6 is 50.5 Å². The van der Waals surface area contributed by atoms with Crippen LogP contribution in [-0.4, -0.2) is 34.2 Å². The fraction of sp³-hybridized carbons (Fsp3) is 0.200. The molecule has 1 N–H and O–H groups in total. The summed E-state index contributed by atoms with van der Waals surface area (Å²) in [6.45, 7) is 3.85. The molecular formula is C20H19Cl4N4O4P. The van der Waals surface area contributed by atoms with Crippen molar-refractivity contribution >= 4 is 72.3 Å². The number of H-pyrrole nitrogens is 1. The largest absolute Gasteiger partial charge is 0.496 e. The summed E-state index contributed by atoms with van der Waals surface area (Å²) in [4.78, 5) is 26.0. The van der Waals surface area contributed by atoms with Gasteiger partial charge in [-0.15, -0.1) is 0 Å². The van der Waals surface area contributed by atoms with Crippen molar-refractivity contribution in [1.82, 2.24) is 19.9 Å². The average molecular weight is 552 g/mol. The van der Waals surface area contributed by atoms with Crippen molar-refractivity contribution in [3.63, 3.8) is 0 Å². The van der Waals surface area contributed by atoms with Gasteiger partial charge in [-0.25, -0.2) is 15.0 Å². The van der Waals surface area contributed by atoms with E-state index in [0.29, 0.717) is 16.1 Å². The first-order chi connectivity index (χ1) is 15.4. The molecule has 0 unspecified atom stereocenters. The monoisotopic (exact) mass is 550 g/mol. The quantitative estimate of drug-likeness (QED) is 0.219. The van der Waals surface area contributed by atoms with E-state index in [0.717, 1.165) is 33.5 Å². The van der Waals surface area contributed by atoms with Crippen molar-refractivity contribution in [2.45, 2.75) is 13.8 Å². The number of nitrogens with zero attached hydrogens (tertiary/aromatic N) is 3. The summed E-state index contributed by atoms with van der Waals surface area (Å²) in [5.74, 6) is 1.56. The van der Waals surface area contributed by atoms with Gasteiger partial charge in [-0.1, -0.05) is 11.6 Å². The molecule has 2 aromatic heterocycles. The number of aryl methyl sites for hydroxylation is 2. The van der Waals surface area contributed by atoms with Crippen LogP contribution in [0.4, 0.5) is 0 Å². The van der Waals surface area contributed by atoms with Gasteiger partial charge in [-0.2, -0.15) is 0 Å². The van der Waals surface area contributed by atoms with Crippen LogP contribution in [-0.2, 0) is 4.57 Å². The highest BCUT2D eigenvalue weighted by atomic mass is 36.0. The molecule has 0 spiro atoms. The van der Waals surface area contributed by atoms with Crippen molar-refractivity contribution in [2.24, 2.45) is 0 Å².